The van der Waals surface area contributed by atoms with Gasteiger partial charge in [-0.25, -0.2) is 0 Å². The molecule has 0 bridgehead atoms. The predicted octanol–water partition coefficient (Wildman–Crippen LogP) is 4.17. The van der Waals surface area contributed by atoms with Crippen molar-refractivity contribution in [2.24, 2.45) is 0 Å². The summed E-state index contributed by atoms with van der Waals surface area (Å²) in [6.07, 6.45) is 0.359. The summed E-state index contributed by atoms with van der Waals surface area (Å²) in [4.78, 5) is 13.0. The zero-order valence-electron chi connectivity index (χ0n) is 8.74. The monoisotopic (exact) mass is 329 g/mol. The maximum atomic E-state index is 12.0. The van der Waals surface area contributed by atoms with Crippen LogP contribution in [0.1, 0.15) is 15.2 Å². The van der Waals surface area contributed by atoms with E-state index in [9.17, 15) is 4.79 Å². The molecule has 17 heavy (non-hydrogen) atoms. The van der Waals surface area contributed by atoms with Gasteiger partial charge in [-0.15, -0.1) is 11.3 Å². The minimum atomic E-state index is 0.0161. The van der Waals surface area contributed by atoms with Gasteiger partial charge in [0.2, 0.25) is 0 Å². The third-order valence-corrected chi connectivity index (χ3v) is 4.40. The van der Waals surface area contributed by atoms with Crippen molar-refractivity contribution in [3.63, 3.8) is 0 Å². The van der Waals surface area contributed by atoms with E-state index in [4.69, 9.17) is 17.3 Å². The Morgan fingerprint density at radius 2 is 2.18 bits per heavy atom. The van der Waals surface area contributed by atoms with Crippen molar-refractivity contribution in [1.82, 2.24) is 0 Å². The number of hydrogen-bond donors (Lipinski definition) is 1. The maximum Gasteiger partial charge on any atom is 0.168 e. The number of nitrogen functional groups attached to an aromatic ring is 1. The van der Waals surface area contributed by atoms with Crippen LogP contribution in [0, 0.1) is 0 Å². The topological polar surface area (TPSA) is 43.1 Å². The Labute approximate surface area is 117 Å². The summed E-state index contributed by atoms with van der Waals surface area (Å²) in [7, 11) is 0. The molecule has 0 atom stereocenters. The van der Waals surface area contributed by atoms with Crippen molar-refractivity contribution < 1.29 is 4.79 Å². The normalized spacial score (nSPS) is 10.5. The van der Waals surface area contributed by atoms with Crippen LogP contribution in [0.25, 0.3) is 0 Å². The van der Waals surface area contributed by atoms with E-state index in [0.29, 0.717) is 22.7 Å². The van der Waals surface area contributed by atoms with Gasteiger partial charge in [-0.2, -0.15) is 0 Å². The van der Waals surface area contributed by atoms with E-state index in [0.717, 1.165) is 9.35 Å². The summed E-state index contributed by atoms with van der Waals surface area (Å²) >= 11 is 10.8. The zero-order valence-corrected chi connectivity index (χ0v) is 11.9. The molecule has 88 valence electrons. The fourth-order valence-electron chi connectivity index (χ4n) is 1.47. The molecule has 2 N–H and O–H groups in total. The van der Waals surface area contributed by atoms with Crippen molar-refractivity contribution in [1.29, 1.82) is 0 Å². The highest BCUT2D eigenvalue weighted by Crippen LogP contribution is 2.25. The molecule has 0 spiro atoms. The highest BCUT2D eigenvalue weighted by Gasteiger charge is 2.11. The first-order valence-corrected chi connectivity index (χ1v) is 6.92. The van der Waals surface area contributed by atoms with Crippen LogP contribution in [0.3, 0.4) is 0 Å². The first kappa shape index (κ1) is 12.6. The van der Waals surface area contributed by atoms with E-state index in [1.807, 2.05) is 11.4 Å². The van der Waals surface area contributed by atoms with Crippen LogP contribution < -0.4 is 5.73 Å². The second-order valence-electron chi connectivity index (χ2n) is 3.56. The number of rotatable bonds is 3. The second kappa shape index (κ2) is 5.21. The summed E-state index contributed by atoms with van der Waals surface area (Å²) in [6.45, 7) is 0. The molecule has 0 amide bonds. The Balaban J connectivity index is 2.23. The van der Waals surface area contributed by atoms with Crippen LogP contribution in [-0.2, 0) is 6.42 Å². The number of Topliss-reactive ketones (excluding diaryl/α,β-unsaturated/α-hetero) is 1. The van der Waals surface area contributed by atoms with E-state index in [2.05, 4.69) is 15.9 Å². The standard InChI is InChI=1S/C12H9BrClNOS/c13-10-1-2-17-12(10)6-11(16)7-3-8(14)5-9(15)4-7/h1-5H,6,15H2. The molecule has 2 aromatic rings. The van der Waals surface area contributed by atoms with Gasteiger partial charge in [0.1, 0.15) is 0 Å². The van der Waals surface area contributed by atoms with Gasteiger partial charge < -0.3 is 5.73 Å². The zero-order chi connectivity index (χ0) is 12.4. The minimum Gasteiger partial charge on any atom is -0.399 e. The molecule has 1 aromatic carbocycles. The average Bonchev–Trinajstić information content (AvgIpc) is 2.63. The van der Waals surface area contributed by atoms with Crippen LogP contribution in [-0.4, -0.2) is 5.78 Å². The molecule has 0 fully saturated rings. The fourth-order valence-corrected chi connectivity index (χ4v) is 3.21. The molecule has 0 saturated heterocycles. The number of nitrogens with two attached hydrogens (primary N) is 1. The van der Waals surface area contributed by atoms with Crippen molar-refractivity contribution in [2.75, 3.05) is 5.73 Å². The van der Waals surface area contributed by atoms with Crippen LogP contribution in [0.15, 0.2) is 34.1 Å². The Bertz CT molecular complexity index is 547. The minimum absolute atomic E-state index is 0.0161. The summed E-state index contributed by atoms with van der Waals surface area (Å²) in [5, 5.41) is 2.43. The number of hydrogen-bond acceptors (Lipinski definition) is 3. The predicted molar refractivity (Wildman–Crippen MR) is 75.9 cm³/mol. The highest BCUT2D eigenvalue weighted by atomic mass is 79.9. The lowest BCUT2D eigenvalue weighted by molar-refractivity contribution is 0.0993. The molecule has 1 heterocycles. The van der Waals surface area contributed by atoms with Crippen LogP contribution in [0.4, 0.5) is 5.69 Å². The Morgan fingerprint density at radius 3 is 2.76 bits per heavy atom. The number of ketones is 1. The van der Waals surface area contributed by atoms with E-state index in [1.165, 1.54) is 0 Å². The van der Waals surface area contributed by atoms with Gasteiger partial charge in [0, 0.05) is 32.0 Å². The smallest absolute Gasteiger partial charge is 0.168 e. The van der Waals surface area contributed by atoms with Crippen molar-refractivity contribution in [3.8, 4) is 0 Å². The summed E-state index contributed by atoms with van der Waals surface area (Å²) in [6, 6.07) is 6.84. The van der Waals surface area contributed by atoms with Crippen molar-refractivity contribution in [2.45, 2.75) is 6.42 Å². The van der Waals surface area contributed by atoms with Gasteiger partial charge in [-0.3, -0.25) is 4.79 Å². The maximum absolute atomic E-state index is 12.0. The number of carbonyl (C=O) groups is 1. The van der Waals surface area contributed by atoms with Gasteiger partial charge in [0.25, 0.3) is 0 Å². The molecular weight excluding hydrogens is 322 g/mol. The number of anilines is 1. The number of halogens is 2. The van der Waals surface area contributed by atoms with Gasteiger partial charge in [0.15, 0.2) is 5.78 Å². The molecule has 0 unspecified atom stereocenters. The quantitative estimate of drug-likeness (QED) is 0.678. The van der Waals surface area contributed by atoms with Gasteiger partial charge in [-0.1, -0.05) is 11.6 Å². The Kier molecular flexibility index (Phi) is 3.86. The van der Waals surface area contributed by atoms with Gasteiger partial charge >= 0.3 is 0 Å². The summed E-state index contributed by atoms with van der Waals surface area (Å²) in [5.41, 5.74) is 6.71. The third kappa shape index (κ3) is 3.09. The number of carbonyl (C=O) groups excluding carboxylic acids is 1. The van der Waals surface area contributed by atoms with E-state index in [-0.39, 0.29) is 5.78 Å². The molecule has 0 radical (unpaired) electrons. The van der Waals surface area contributed by atoms with Crippen molar-refractivity contribution in [3.05, 3.63) is 49.6 Å². The van der Waals surface area contributed by atoms with E-state index < -0.39 is 0 Å². The molecule has 0 saturated carbocycles. The second-order valence-corrected chi connectivity index (χ2v) is 5.86. The van der Waals surface area contributed by atoms with Crippen LogP contribution >= 0.6 is 38.9 Å². The molecule has 2 rings (SSSR count). The first-order chi connectivity index (χ1) is 8.06. The lowest BCUT2D eigenvalue weighted by Crippen LogP contribution is -2.03. The molecule has 0 aliphatic carbocycles. The highest BCUT2D eigenvalue weighted by molar-refractivity contribution is 9.10. The molecule has 0 aliphatic rings. The van der Waals surface area contributed by atoms with E-state index >= 15 is 0 Å². The molecule has 1 aromatic heterocycles. The lowest BCUT2D eigenvalue weighted by atomic mass is 10.1. The Morgan fingerprint density at radius 1 is 1.41 bits per heavy atom. The molecule has 0 aliphatic heterocycles. The van der Waals surface area contributed by atoms with E-state index in [1.54, 1.807) is 29.5 Å². The number of benzene rings is 1. The summed E-state index contributed by atoms with van der Waals surface area (Å²) in [5.74, 6) is 0.0161. The van der Waals surface area contributed by atoms with Crippen LogP contribution in [0.2, 0.25) is 5.02 Å². The molecular formula is C12H9BrClNOS. The fraction of sp³-hybridized carbons (Fsp3) is 0.0833. The number of thiophene rings is 1. The van der Waals surface area contributed by atoms with Crippen LogP contribution in [0.5, 0.6) is 0 Å². The lowest BCUT2D eigenvalue weighted by Gasteiger charge is -2.03. The Hall–Kier alpha value is -0.840. The first-order valence-electron chi connectivity index (χ1n) is 4.87. The van der Waals surface area contributed by atoms with Gasteiger partial charge in [0.05, 0.1) is 0 Å². The largest absolute Gasteiger partial charge is 0.399 e. The SMILES string of the molecule is Nc1cc(Cl)cc(C(=O)Cc2sccc2Br)c1. The average molecular weight is 331 g/mol. The van der Waals surface area contributed by atoms with Gasteiger partial charge in [-0.05, 0) is 45.6 Å². The molecule has 2 nitrogen and oxygen atoms in total. The third-order valence-electron chi connectivity index (χ3n) is 2.25. The van der Waals surface area contributed by atoms with Crippen molar-refractivity contribution >= 4 is 50.3 Å². The summed E-state index contributed by atoms with van der Waals surface area (Å²) < 4.78 is 0.964. The molecule has 5 heteroatoms.